The molecule has 0 saturated heterocycles. The topological polar surface area (TPSA) is 58.6 Å². The number of rotatable bonds is 6. The number of anilines is 1. The van der Waals surface area contributed by atoms with Gasteiger partial charge in [-0.3, -0.25) is 4.79 Å². The van der Waals surface area contributed by atoms with Crippen LogP contribution >= 0.6 is 0 Å². The van der Waals surface area contributed by atoms with E-state index in [0.29, 0.717) is 22.7 Å². The van der Waals surface area contributed by atoms with E-state index < -0.39 is 11.7 Å². The van der Waals surface area contributed by atoms with Crippen molar-refractivity contribution in [2.45, 2.75) is 45.3 Å². The molecule has 2 N–H and O–H groups in total. The number of methoxy groups -OCH3 is 1. The first-order valence-corrected chi connectivity index (χ1v) is 9.85. The van der Waals surface area contributed by atoms with Crippen molar-refractivity contribution in [2.75, 3.05) is 12.4 Å². The van der Waals surface area contributed by atoms with Crippen LogP contribution in [0, 0.1) is 5.92 Å². The van der Waals surface area contributed by atoms with Crippen molar-refractivity contribution in [3.05, 3.63) is 70.8 Å². The van der Waals surface area contributed by atoms with Crippen molar-refractivity contribution in [3.63, 3.8) is 0 Å². The van der Waals surface area contributed by atoms with E-state index in [1.165, 1.54) is 12.7 Å². The molecule has 1 aliphatic heterocycles. The molecule has 4 nitrogen and oxygen atoms in total. The van der Waals surface area contributed by atoms with Crippen molar-refractivity contribution in [2.24, 2.45) is 5.92 Å². The number of hydrogen-bond acceptors (Lipinski definition) is 3. The van der Waals surface area contributed by atoms with E-state index in [1.807, 2.05) is 48.5 Å². The Morgan fingerprint density at radius 3 is 2.57 bits per heavy atom. The van der Waals surface area contributed by atoms with Gasteiger partial charge in [0.2, 0.25) is 0 Å². The Hall–Kier alpha value is -2.43. The first-order chi connectivity index (χ1) is 13.4. The van der Waals surface area contributed by atoms with Crippen LogP contribution in [0.2, 0.25) is 0 Å². The molecule has 4 heteroatoms. The van der Waals surface area contributed by atoms with Gasteiger partial charge < -0.3 is 15.2 Å². The molecule has 1 aliphatic rings. The van der Waals surface area contributed by atoms with Crippen LogP contribution in [0.1, 0.15) is 50.3 Å². The summed E-state index contributed by atoms with van der Waals surface area (Å²) in [5.74, 6) is 0.237. The lowest BCUT2D eigenvalue weighted by Crippen LogP contribution is -2.52. The van der Waals surface area contributed by atoms with Gasteiger partial charge in [-0.25, -0.2) is 0 Å². The molecule has 0 bridgehead atoms. The molecule has 2 aromatic rings. The molecule has 0 aromatic heterocycles. The Morgan fingerprint density at radius 1 is 1.25 bits per heavy atom. The zero-order valence-corrected chi connectivity index (χ0v) is 17.0. The first kappa shape index (κ1) is 20.3. The molecule has 2 atom stereocenters. The van der Waals surface area contributed by atoms with Gasteiger partial charge in [0.15, 0.2) is 11.7 Å². The van der Waals surface area contributed by atoms with Crippen LogP contribution in [0.15, 0.2) is 54.1 Å². The summed E-state index contributed by atoms with van der Waals surface area (Å²) in [5, 5.41) is 14.6. The summed E-state index contributed by atoms with van der Waals surface area (Å²) >= 11 is 0. The summed E-state index contributed by atoms with van der Waals surface area (Å²) < 4.78 is 5.45. The maximum Gasteiger partial charge on any atom is 0.257 e. The molecule has 28 heavy (non-hydrogen) atoms. The van der Waals surface area contributed by atoms with Gasteiger partial charge in [-0.15, -0.1) is 0 Å². The molecule has 148 valence electrons. The van der Waals surface area contributed by atoms with E-state index in [2.05, 4.69) is 32.2 Å². The lowest BCUT2D eigenvalue weighted by Gasteiger charge is -2.40. The highest BCUT2D eigenvalue weighted by Crippen LogP contribution is 2.42. The summed E-state index contributed by atoms with van der Waals surface area (Å²) in [6.45, 7) is 6.58. The van der Waals surface area contributed by atoms with Gasteiger partial charge in [-0.05, 0) is 42.0 Å². The van der Waals surface area contributed by atoms with Crippen LogP contribution in [0.5, 0.6) is 0 Å². The van der Waals surface area contributed by atoms with Crippen molar-refractivity contribution in [1.29, 1.82) is 0 Å². The fourth-order valence-electron chi connectivity index (χ4n) is 3.95. The molecule has 2 unspecified atom stereocenters. The van der Waals surface area contributed by atoms with Crippen molar-refractivity contribution in [1.82, 2.24) is 0 Å². The average Bonchev–Trinajstić information content (AvgIpc) is 2.68. The molecular weight excluding hydrogens is 350 g/mol. The average molecular weight is 380 g/mol. The highest BCUT2D eigenvalue weighted by Gasteiger charge is 2.49. The van der Waals surface area contributed by atoms with Crippen molar-refractivity contribution >= 4 is 17.7 Å². The number of allylic oxidation sites excluding steroid dienone is 1. The minimum Gasteiger partial charge on any atom is -0.377 e. The number of benzene rings is 2. The zero-order chi connectivity index (χ0) is 20.3. The summed E-state index contributed by atoms with van der Waals surface area (Å²) in [5.41, 5.74) is 2.72. The van der Waals surface area contributed by atoms with E-state index in [0.717, 1.165) is 18.4 Å². The predicted octanol–water partition coefficient (Wildman–Crippen LogP) is 4.73. The highest BCUT2D eigenvalue weighted by molar-refractivity contribution is 5.99. The molecule has 0 aliphatic carbocycles. The van der Waals surface area contributed by atoms with Gasteiger partial charge in [-0.1, -0.05) is 68.8 Å². The molecule has 0 radical (unpaired) electrons. The molecular formula is C24H29NO3. The molecule has 0 spiro atoms. The Labute approximate surface area is 167 Å². The number of carbonyl (C=O) groups excluding carboxylic acids is 1. The Kier molecular flexibility index (Phi) is 6.01. The predicted molar refractivity (Wildman–Crippen MR) is 113 cm³/mol. The number of aliphatic hydroxyl groups is 1. The molecule has 3 rings (SSSR count). The monoisotopic (exact) mass is 379 g/mol. The maximum absolute atomic E-state index is 12.6. The normalized spacial score (nSPS) is 22.1. The molecule has 1 amide bonds. The summed E-state index contributed by atoms with van der Waals surface area (Å²) in [4.78, 5) is 12.6. The summed E-state index contributed by atoms with van der Waals surface area (Å²) in [7, 11) is 1.45. The zero-order valence-electron chi connectivity index (χ0n) is 17.0. The third-order valence-corrected chi connectivity index (χ3v) is 5.27. The smallest absolute Gasteiger partial charge is 0.257 e. The maximum atomic E-state index is 12.6. The number of ether oxygens (including phenoxy) is 1. The van der Waals surface area contributed by atoms with Gasteiger partial charge in [0.25, 0.3) is 5.91 Å². The lowest BCUT2D eigenvalue weighted by molar-refractivity contribution is -0.142. The van der Waals surface area contributed by atoms with Gasteiger partial charge in [-0.2, -0.15) is 0 Å². The number of amides is 1. The number of carbonyl (C=O) groups is 1. The van der Waals surface area contributed by atoms with E-state index in [4.69, 9.17) is 4.74 Å². The molecule has 2 aromatic carbocycles. The first-order valence-electron chi connectivity index (χ1n) is 9.85. The van der Waals surface area contributed by atoms with Crippen LogP contribution in [-0.2, 0) is 15.1 Å². The van der Waals surface area contributed by atoms with Gasteiger partial charge in [0.05, 0.1) is 0 Å². The SMILES string of the molecule is CC/C(=C/c1ccc2c(c1)C(O)(c1ccccc1)C(OC)C(=O)N2)CC(C)C. The second-order valence-electron chi connectivity index (χ2n) is 7.80. The van der Waals surface area contributed by atoms with Gasteiger partial charge >= 0.3 is 0 Å². The number of nitrogens with one attached hydrogen (secondary N) is 1. The minimum atomic E-state index is -1.55. The Balaban J connectivity index is 2.15. The standard InChI is InChI=1S/C24H29NO3/c1-5-17(13-16(2)3)14-18-11-12-21-20(15-18)24(27,19-9-7-6-8-10-19)22(28-4)23(26)25-21/h6-12,14-16,22,27H,5,13H2,1-4H3,(H,25,26)/b17-14-. The second-order valence-corrected chi connectivity index (χ2v) is 7.80. The molecule has 1 heterocycles. The fraction of sp³-hybridized carbons (Fsp3) is 0.375. The van der Waals surface area contributed by atoms with Crippen LogP contribution in [0.25, 0.3) is 6.08 Å². The van der Waals surface area contributed by atoms with Gasteiger partial charge in [0.1, 0.15) is 0 Å². The Bertz CT molecular complexity index is 873. The molecule has 0 fully saturated rings. The van der Waals surface area contributed by atoms with E-state index >= 15 is 0 Å². The second kappa shape index (κ2) is 8.29. The van der Waals surface area contributed by atoms with Crippen molar-refractivity contribution in [3.8, 4) is 0 Å². The number of hydrogen-bond donors (Lipinski definition) is 2. The molecule has 0 saturated carbocycles. The Morgan fingerprint density at radius 2 is 1.96 bits per heavy atom. The minimum absolute atomic E-state index is 0.348. The van der Waals surface area contributed by atoms with E-state index in [9.17, 15) is 9.90 Å². The summed E-state index contributed by atoms with van der Waals surface area (Å²) in [6, 6.07) is 15.1. The van der Waals surface area contributed by atoms with Crippen LogP contribution in [0.4, 0.5) is 5.69 Å². The fourth-order valence-corrected chi connectivity index (χ4v) is 3.95. The summed E-state index contributed by atoms with van der Waals surface area (Å²) in [6.07, 6.45) is 3.18. The highest BCUT2D eigenvalue weighted by atomic mass is 16.5. The number of fused-ring (bicyclic) bond motifs is 1. The van der Waals surface area contributed by atoms with E-state index in [-0.39, 0.29) is 5.91 Å². The lowest BCUT2D eigenvalue weighted by atomic mass is 9.77. The third-order valence-electron chi connectivity index (χ3n) is 5.27. The third kappa shape index (κ3) is 3.75. The van der Waals surface area contributed by atoms with Crippen LogP contribution in [-0.4, -0.2) is 24.2 Å². The van der Waals surface area contributed by atoms with Crippen LogP contribution in [0.3, 0.4) is 0 Å². The van der Waals surface area contributed by atoms with Crippen molar-refractivity contribution < 1.29 is 14.6 Å². The van der Waals surface area contributed by atoms with Gasteiger partial charge in [0, 0.05) is 18.4 Å². The van der Waals surface area contributed by atoms with E-state index in [1.54, 1.807) is 0 Å². The largest absolute Gasteiger partial charge is 0.377 e. The quantitative estimate of drug-likeness (QED) is 0.763. The van der Waals surface area contributed by atoms with Crippen LogP contribution < -0.4 is 5.32 Å².